The van der Waals surface area contributed by atoms with Gasteiger partial charge in [-0.3, -0.25) is 0 Å². The van der Waals surface area contributed by atoms with Crippen molar-refractivity contribution in [2.75, 3.05) is 11.5 Å². The van der Waals surface area contributed by atoms with E-state index in [1.165, 1.54) is 6.20 Å². The van der Waals surface area contributed by atoms with Gasteiger partial charge in [-0.15, -0.1) is 11.8 Å². The minimum absolute atomic E-state index is 0.216. The lowest BCUT2D eigenvalue weighted by atomic mass is 10.1. The van der Waals surface area contributed by atoms with Crippen molar-refractivity contribution in [1.29, 1.82) is 0 Å². The average Bonchev–Trinajstić information content (AvgIpc) is 2.40. The first-order chi connectivity index (χ1) is 9.06. The van der Waals surface area contributed by atoms with Crippen LogP contribution in [-0.2, 0) is 0 Å². The van der Waals surface area contributed by atoms with Crippen LogP contribution in [-0.4, -0.2) is 10.7 Å². The van der Waals surface area contributed by atoms with Gasteiger partial charge in [0.25, 0.3) is 0 Å². The van der Waals surface area contributed by atoms with Gasteiger partial charge in [-0.25, -0.2) is 4.98 Å². The number of nitrogens with zero attached hydrogens (tertiary/aromatic N) is 1. The van der Waals surface area contributed by atoms with Crippen molar-refractivity contribution >= 4 is 40.8 Å². The summed E-state index contributed by atoms with van der Waals surface area (Å²) in [4.78, 5) is 5.11. The van der Waals surface area contributed by atoms with Gasteiger partial charge in [0.05, 0.1) is 5.02 Å². The summed E-state index contributed by atoms with van der Waals surface area (Å²) in [7, 11) is 0. The van der Waals surface area contributed by atoms with E-state index in [-0.39, 0.29) is 6.04 Å². The van der Waals surface area contributed by atoms with Crippen LogP contribution in [0.3, 0.4) is 0 Å². The largest absolute Gasteiger partial charge is 0.383 e. The zero-order chi connectivity index (χ0) is 13.8. The van der Waals surface area contributed by atoms with E-state index in [9.17, 15) is 0 Å². The Morgan fingerprint density at radius 3 is 2.53 bits per heavy atom. The molecule has 0 aliphatic heterocycles. The quantitative estimate of drug-likeness (QED) is 0.843. The molecule has 0 radical (unpaired) electrons. The molecule has 100 valence electrons. The number of rotatable bonds is 4. The number of hydrogen-bond acceptors (Lipinski definition) is 4. The summed E-state index contributed by atoms with van der Waals surface area (Å²) >= 11 is 13.4. The van der Waals surface area contributed by atoms with E-state index in [2.05, 4.69) is 4.98 Å². The minimum Gasteiger partial charge on any atom is -0.383 e. The molecule has 1 aromatic heterocycles. The molecule has 0 aliphatic rings. The number of anilines is 1. The van der Waals surface area contributed by atoms with Crippen LogP contribution in [0.1, 0.15) is 11.6 Å². The Morgan fingerprint density at radius 1 is 1.16 bits per heavy atom. The SMILES string of the molecule is Nc1ncc(Cl)cc1C(N)CSc1ccc(Cl)cc1. The molecule has 2 rings (SSSR count). The second-order valence-electron chi connectivity index (χ2n) is 4.00. The Labute approximate surface area is 126 Å². The highest BCUT2D eigenvalue weighted by molar-refractivity contribution is 7.99. The molecule has 4 N–H and O–H groups in total. The molecule has 0 aliphatic carbocycles. The highest BCUT2D eigenvalue weighted by Gasteiger charge is 2.12. The van der Waals surface area contributed by atoms with E-state index in [1.54, 1.807) is 17.8 Å². The van der Waals surface area contributed by atoms with Crippen LogP contribution >= 0.6 is 35.0 Å². The predicted molar refractivity (Wildman–Crippen MR) is 82.8 cm³/mol. The molecular weight excluding hydrogens is 301 g/mol. The van der Waals surface area contributed by atoms with Crippen molar-refractivity contribution in [3.05, 3.63) is 52.1 Å². The van der Waals surface area contributed by atoms with Crippen molar-refractivity contribution in [2.24, 2.45) is 5.73 Å². The lowest BCUT2D eigenvalue weighted by molar-refractivity contribution is 0.828. The summed E-state index contributed by atoms with van der Waals surface area (Å²) in [5.41, 5.74) is 12.7. The van der Waals surface area contributed by atoms with Crippen LogP contribution < -0.4 is 11.5 Å². The molecule has 0 bridgehead atoms. The van der Waals surface area contributed by atoms with Gasteiger partial charge in [0.2, 0.25) is 0 Å². The molecular formula is C13H13Cl2N3S. The third-order valence-electron chi connectivity index (χ3n) is 2.56. The van der Waals surface area contributed by atoms with E-state index in [0.29, 0.717) is 16.6 Å². The zero-order valence-electron chi connectivity index (χ0n) is 10.0. The third-order valence-corrected chi connectivity index (χ3v) is 4.15. The van der Waals surface area contributed by atoms with E-state index in [1.807, 2.05) is 24.3 Å². The Kier molecular flexibility index (Phi) is 4.93. The number of nitrogens with two attached hydrogens (primary N) is 2. The second-order valence-corrected chi connectivity index (χ2v) is 5.97. The van der Waals surface area contributed by atoms with Crippen molar-refractivity contribution in [3.8, 4) is 0 Å². The van der Waals surface area contributed by atoms with Crippen LogP contribution in [0.2, 0.25) is 10.0 Å². The number of pyridine rings is 1. The van der Waals surface area contributed by atoms with Crippen molar-refractivity contribution in [2.45, 2.75) is 10.9 Å². The lowest BCUT2D eigenvalue weighted by Gasteiger charge is -2.13. The number of aromatic nitrogens is 1. The van der Waals surface area contributed by atoms with Gasteiger partial charge < -0.3 is 11.5 Å². The topological polar surface area (TPSA) is 64.9 Å². The van der Waals surface area contributed by atoms with Crippen molar-refractivity contribution in [1.82, 2.24) is 4.98 Å². The van der Waals surface area contributed by atoms with Crippen LogP contribution in [0, 0.1) is 0 Å². The molecule has 1 heterocycles. The Morgan fingerprint density at radius 2 is 1.84 bits per heavy atom. The predicted octanol–water partition coefficient (Wildman–Crippen LogP) is 3.76. The van der Waals surface area contributed by atoms with Gasteiger partial charge in [-0.05, 0) is 30.3 Å². The maximum atomic E-state index is 6.12. The van der Waals surface area contributed by atoms with Gasteiger partial charge in [0, 0.05) is 33.5 Å². The molecule has 0 spiro atoms. The second kappa shape index (κ2) is 6.48. The van der Waals surface area contributed by atoms with E-state index >= 15 is 0 Å². The van der Waals surface area contributed by atoms with Gasteiger partial charge in [0.1, 0.15) is 5.82 Å². The number of benzene rings is 1. The minimum atomic E-state index is -0.216. The molecule has 1 unspecified atom stereocenters. The van der Waals surface area contributed by atoms with E-state index < -0.39 is 0 Å². The summed E-state index contributed by atoms with van der Waals surface area (Å²) in [5.74, 6) is 1.11. The number of halogens is 2. The normalized spacial score (nSPS) is 12.4. The van der Waals surface area contributed by atoms with E-state index in [0.717, 1.165) is 15.5 Å². The van der Waals surface area contributed by atoms with E-state index in [4.69, 9.17) is 34.7 Å². The molecule has 3 nitrogen and oxygen atoms in total. The maximum Gasteiger partial charge on any atom is 0.128 e. The fraction of sp³-hybridized carbons (Fsp3) is 0.154. The first-order valence-electron chi connectivity index (χ1n) is 5.61. The molecule has 1 atom stereocenters. The van der Waals surface area contributed by atoms with Gasteiger partial charge >= 0.3 is 0 Å². The zero-order valence-corrected chi connectivity index (χ0v) is 12.3. The molecule has 19 heavy (non-hydrogen) atoms. The lowest BCUT2D eigenvalue weighted by Crippen LogP contribution is -2.15. The van der Waals surface area contributed by atoms with Crippen LogP contribution in [0.5, 0.6) is 0 Å². The van der Waals surface area contributed by atoms with Crippen LogP contribution in [0.25, 0.3) is 0 Å². The van der Waals surface area contributed by atoms with Crippen LogP contribution in [0.4, 0.5) is 5.82 Å². The third kappa shape index (κ3) is 4.01. The summed E-state index contributed by atoms with van der Waals surface area (Å²) < 4.78 is 0. The number of thioether (sulfide) groups is 1. The highest BCUT2D eigenvalue weighted by Crippen LogP contribution is 2.27. The molecule has 6 heteroatoms. The molecule has 2 aromatic rings. The number of nitrogen functional groups attached to an aromatic ring is 1. The fourth-order valence-corrected chi connectivity index (χ4v) is 2.74. The standard InChI is InChI=1S/C13H13Cl2N3S/c14-8-1-3-10(4-2-8)19-7-12(16)11-5-9(15)6-18-13(11)17/h1-6,12H,7,16H2,(H2,17,18). The van der Waals surface area contributed by atoms with Gasteiger partial charge in [-0.2, -0.15) is 0 Å². The summed E-state index contributed by atoms with van der Waals surface area (Å²) in [6, 6.07) is 9.16. The van der Waals surface area contributed by atoms with Gasteiger partial charge in [0.15, 0.2) is 0 Å². The molecule has 1 aromatic carbocycles. The van der Waals surface area contributed by atoms with Crippen molar-refractivity contribution in [3.63, 3.8) is 0 Å². The molecule has 0 saturated heterocycles. The Balaban J connectivity index is 2.03. The molecule has 0 saturated carbocycles. The molecule has 0 amide bonds. The first kappa shape index (κ1) is 14.5. The first-order valence-corrected chi connectivity index (χ1v) is 7.35. The highest BCUT2D eigenvalue weighted by atomic mass is 35.5. The smallest absolute Gasteiger partial charge is 0.128 e. The van der Waals surface area contributed by atoms with Gasteiger partial charge in [-0.1, -0.05) is 23.2 Å². The summed E-state index contributed by atoms with van der Waals surface area (Å²) in [5, 5.41) is 1.26. The Hall–Kier alpha value is -0.940. The monoisotopic (exact) mass is 313 g/mol. The maximum absolute atomic E-state index is 6.12. The summed E-state index contributed by atoms with van der Waals surface area (Å²) in [6.45, 7) is 0. The fourth-order valence-electron chi connectivity index (χ4n) is 1.57. The Bertz CT molecular complexity index is 560. The van der Waals surface area contributed by atoms with Crippen molar-refractivity contribution < 1.29 is 0 Å². The summed E-state index contributed by atoms with van der Waals surface area (Å²) in [6.07, 6.45) is 1.51. The number of hydrogen-bond donors (Lipinski definition) is 2. The molecule has 0 fully saturated rings. The van der Waals surface area contributed by atoms with Crippen LogP contribution in [0.15, 0.2) is 41.4 Å². The average molecular weight is 314 g/mol.